The highest BCUT2D eigenvalue weighted by atomic mass is 16.1. The fourth-order valence-electron chi connectivity index (χ4n) is 3.10. The molecule has 1 fully saturated rings. The van der Waals surface area contributed by atoms with Gasteiger partial charge in [-0.3, -0.25) is 4.79 Å². The van der Waals surface area contributed by atoms with Crippen LogP contribution in [0.5, 0.6) is 0 Å². The highest BCUT2D eigenvalue weighted by Gasteiger charge is 2.20. The average Bonchev–Trinajstić information content (AvgIpc) is 2.42. The number of Topliss-reactive ketones (excluding diaryl/α,β-unsaturated/α-hetero) is 1. The summed E-state index contributed by atoms with van der Waals surface area (Å²) in [5.74, 6) is 0.840. The van der Waals surface area contributed by atoms with Crippen LogP contribution in [0.25, 0.3) is 0 Å². The van der Waals surface area contributed by atoms with Gasteiger partial charge in [0.1, 0.15) is 5.78 Å². The van der Waals surface area contributed by atoms with Crippen molar-refractivity contribution in [3.8, 4) is 0 Å². The maximum Gasteiger partial charge on any atom is 0.137 e. The molecule has 2 heteroatoms. The van der Waals surface area contributed by atoms with Crippen molar-refractivity contribution < 1.29 is 4.79 Å². The molecule has 0 radical (unpaired) electrons. The second-order valence-electron chi connectivity index (χ2n) is 6.02. The molecule has 0 bridgehead atoms. The molecule has 112 valence electrons. The molecule has 0 spiro atoms. The Balaban J connectivity index is 2.48. The summed E-state index contributed by atoms with van der Waals surface area (Å²) in [5.41, 5.74) is 0. The number of ketones is 1. The Morgan fingerprint density at radius 2 is 1.42 bits per heavy atom. The Hall–Kier alpha value is -0.370. The van der Waals surface area contributed by atoms with Gasteiger partial charge in [0.05, 0.1) is 0 Å². The van der Waals surface area contributed by atoms with E-state index in [1.807, 2.05) is 0 Å². The van der Waals surface area contributed by atoms with Gasteiger partial charge in [0.15, 0.2) is 0 Å². The zero-order chi connectivity index (χ0) is 13.9. The Morgan fingerprint density at radius 1 is 0.895 bits per heavy atom. The van der Waals surface area contributed by atoms with E-state index in [4.69, 9.17) is 0 Å². The van der Waals surface area contributed by atoms with E-state index in [-0.39, 0.29) is 0 Å². The first-order chi connectivity index (χ1) is 9.27. The van der Waals surface area contributed by atoms with E-state index in [1.165, 1.54) is 44.9 Å². The van der Waals surface area contributed by atoms with Crippen LogP contribution >= 0.6 is 0 Å². The third kappa shape index (κ3) is 7.10. The lowest BCUT2D eigenvalue weighted by molar-refractivity contribution is -0.123. The zero-order valence-electron chi connectivity index (χ0n) is 13.1. The second kappa shape index (κ2) is 10.4. The molecule has 0 aromatic carbocycles. The summed E-state index contributed by atoms with van der Waals surface area (Å²) < 4.78 is 0. The van der Waals surface area contributed by atoms with Crippen LogP contribution in [0.2, 0.25) is 0 Å². The number of rotatable bonds is 4. The minimum absolute atomic E-state index is 0.305. The van der Waals surface area contributed by atoms with Crippen LogP contribution in [0, 0.1) is 5.92 Å². The highest BCUT2D eigenvalue weighted by Crippen LogP contribution is 2.19. The van der Waals surface area contributed by atoms with Gasteiger partial charge in [-0.25, -0.2) is 0 Å². The van der Waals surface area contributed by atoms with Crippen molar-refractivity contribution >= 4 is 5.78 Å². The van der Waals surface area contributed by atoms with Gasteiger partial charge in [0.2, 0.25) is 0 Å². The van der Waals surface area contributed by atoms with Gasteiger partial charge in [0, 0.05) is 18.9 Å². The third-order valence-corrected chi connectivity index (χ3v) is 4.55. The zero-order valence-corrected chi connectivity index (χ0v) is 13.1. The molecular formula is C17H33NO. The number of carbonyl (C=O) groups excluding carboxylic acids is 1. The first-order valence-corrected chi connectivity index (χ1v) is 8.53. The smallest absolute Gasteiger partial charge is 0.137 e. The van der Waals surface area contributed by atoms with E-state index in [2.05, 4.69) is 18.7 Å². The first kappa shape index (κ1) is 16.7. The molecule has 0 amide bonds. The van der Waals surface area contributed by atoms with Crippen LogP contribution < -0.4 is 0 Å². The van der Waals surface area contributed by atoms with E-state index in [0.717, 1.165) is 38.9 Å². The van der Waals surface area contributed by atoms with Crippen molar-refractivity contribution in [3.63, 3.8) is 0 Å². The predicted octanol–water partition coefficient (Wildman–Crippen LogP) is 4.43. The van der Waals surface area contributed by atoms with E-state index >= 15 is 0 Å². The Kier molecular flexibility index (Phi) is 9.15. The topological polar surface area (TPSA) is 20.3 Å². The Morgan fingerprint density at radius 3 is 2.00 bits per heavy atom. The van der Waals surface area contributed by atoms with Gasteiger partial charge in [-0.15, -0.1) is 0 Å². The van der Waals surface area contributed by atoms with Gasteiger partial charge in [-0.05, 0) is 25.9 Å². The summed E-state index contributed by atoms with van der Waals surface area (Å²) in [7, 11) is 0. The quantitative estimate of drug-likeness (QED) is 0.751. The van der Waals surface area contributed by atoms with Gasteiger partial charge in [-0.1, -0.05) is 58.8 Å². The molecule has 1 rings (SSSR count). The van der Waals surface area contributed by atoms with Crippen molar-refractivity contribution in [2.24, 2.45) is 5.92 Å². The Labute approximate surface area is 119 Å². The highest BCUT2D eigenvalue weighted by molar-refractivity contribution is 5.81. The SMILES string of the molecule is CCN(CC)C[C@@H]1CCCCCCCCCCC1=O. The molecule has 1 saturated carbocycles. The molecule has 0 N–H and O–H groups in total. The van der Waals surface area contributed by atoms with Crippen molar-refractivity contribution in [1.29, 1.82) is 0 Å². The van der Waals surface area contributed by atoms with Gasteiger partial charge >= 0.3 is 0 Å². The molecule has 0 aromatic rings. The molecule has 19 heavy (non-hydrogen) atoms. The minimum atomic E-state index is 0.305. The molecule has 0 saturated heterocycles. The largest absolute Gasteiger partial charge is 0.303 e. The number of hydrogen-bond acceptors (Lipinski definition) is 2. The Bertz CT molecular complexity index is 235. The van der Waals surface area contributed by atoms with Crippen molar-refractivity contribution in [1.82, 2.24) is 4.90 Å². The van der Waals surface area contributed by atoms with Crippen LogP contribution in [-0.4, -0.2) is 30.3 Å². The van der Waals surface area contributed by atoms with Crippen LogP contribution in [0.3, 0.4) is 0 Å². The normalized spacial score (nSPS) is 23.9. The van der Waals surface area contributed by atoms with Crippen molar-refractivity contribution in [2.75, 3.05) is 19.6 Å². The number of hydrogen-bond donors (Lipinski definition) is 0. The van der Waals surface area contributed by atoms with Crippen LogP contribution in [0.1, 0.15) is 78.1 Å². The molecule has 0 unspecified atom stereocenters. The molecule has 1 aliphatic rings. The summed E-state index contributed by atoms with van der Waals surface area (Å²) in [5, 5.41) is 0. The van der Waals surface area contributed by atoms with E-state index in [0.29, 0.717) is 11.7 Å². The first-order valence-electron chi connectivity index (χ1n) is 8.53. The lowest BCUT2D eigenvalue weighted by Crippen LogP contribution is -2.33. The third-order valence-electron chi connectivity index (χ3n) is 4.55. The molecule has 1 aliphatic carbocycles. The maximum absolute atomic E-state index is 12.4. The fraction of sp³-hybridized carbons (Fsp3) is 0.941. The molecule has 2 nitrogen and oxygen atoms in total. The van der Waals surface area contributed by atoms with Crippen molar-refractivity contribution in [2.45, 2.75) is 78.1 Å². The maximum atomic E-state index is 12.4. The van der Waals surface area contributed by atoms with Crippen molar-refractivity contribution in [3.05, 3.63) is 0 Å². The van der Waals surface area contributed by atoms with Crippen LogP contribution in [-0.2, 0) is 4.79 Å². The fourth-order valence-corrected chi connectivity index (χ4v) is 3.10. The summed E-state index contributed by atoms with van der Waals surface area (Å²) in [6.45, 7) is 7.53. The minimum Gasteiger partial charge on any atom is -0.303 e. The number of carbonyl (C=O) groups is 1. The summed E-state index contributed by atoms with van der Waals surface area (Å²) in [4.78, 5) is 14.8. The molecule has 0 heterocycles. The lowest BCUT2D eigenvalue weighted by atomic mass is 9.91. The van der Waals surface area contributed by atoms with Gasteiger partial charge < -0.3 is 4.90 Å². The molecular weight excluding hydrogens is 234 g/mol. The van der Waals surface area contributed by atoms with E-state index in [9.17, 15) is 4.79 Å². The van der Waals surface area contributed by atoms with Crippen LogP contribution in [0.4, 0.5) is 0 Å². The van der Waals surface area contributed by atoms with E-state index < -0.39 is 0 Å². The predicted molar refractivity (Wildman–Crippen MR) is 82.5 cm³/mol. The molecule has 0 aliphatic heterocycles. The van der Waals surface area contributed by atoms with Gasteiger partial charge in [0.25, 0.3) is 0 Å². The molecule has 0 aromatic heterocycles. The number of nitrogens with zero attached hydrogens (tertiary/aromatic N) is 1. The van der Waals surface area contributed by atoms with E-state index in [1.54, 1.807) is 0 Å². The standard InChI is InChI=1S/C17H33NO/c1-3-18(4-2)15-16-13-11-9-7-5-6-8-10-12-14-17(16)19/h16H,3-15H2,1-2H3/t16-/m0/s1. The van der Waals surface area contributed by atoms with Gasteiger partial charge in [-0.2, -0.15) is 0 Å². The summed E-state index contributed by atoms with van der Waals surface area (Å²) in [6.07, 6.45) is 12.4. The summed E-state index contributed by atoms with van der Waals surface area (Å²) in [6, 6.07) is 0. The average molecular weight is 267 g/mol. The van der Waals surface area contributed by atoms with Crippen LogP contribution in [0.15, 0.2) is 0 Å². The molecule has 1 atom stereocenters. The lowest BCUT2D eigenvalue weighted by Gasteiger charge is -2.25. The summed E-state index contributed by atoms with van der Waals surface area (Å²) >= 11 is 0. The monoisotopic (exact) mass is 267 g/mol. The second-order valence-corrected chi connectivity index (χ2v) is 6.02.